The molecule has 3 heterocycles. The van der Waals surface area contributed by atoms with Crippen LogP contribution in [0.15, 0.2) is 23.8 Å². The standard InChI is InChI=1S/C16H17NO4.ClH/c18-11-3-8-1-2-17-6-9-4-12-13(21-7-20-12)5-10(9)14(15(8)17)16(11)19;/h3-5,11,14-16,18-19H,1-2,6-7H2;1H/p-1. The quantitative estimate of drug-likeness (QED) is 0.529. The van der Waals surface area contributed by atoms with Crippen LogP contribution in [0.4, 0.5) is 0 Å². The van der Waals surface area contributed by atoms with Crippen molar-refractivity contribution < 1.29 is 32.1 Å². The lowest BCUT2D eigenvalue weighted by Crippen LogP contribution is -3.00. The van der Waals surface area contributed by atoms with Crippen molar-refractivity contribution >= 4 is 0 Å². The zero-order valence-corrected chi connectivity index (χ0v) is 12.7. The summed E-state index contributed by atoms with van der Waals surface area (Å²) < 4.78 is 10.9. The molecule has 0 saturated carbocycles. The summed E-state index contributed by atoms with van der Waals surface area (Å²) in [6.07, 6.45) is 1.28. The van der Waals surface area contributed by atoms with Crippen LogP contribution in [0.1, 0.15) is 23.5 Å². The van der Waals surface area contributed by atoms with E-state index in [0.29, 0.717) is 0 Å². The van der Waals surface area contributed by atoms with E-state index in [1.165, 1.54) is 11.1 Å². The Labute approximate surface area is 134 Å². The molecule has 1 aliphatic carbocycles. The first kappa shape index (κ1) is 14.3. The number of ether oxygens (including phenoxy) is 2. The molecule has 118 valence electrons. The van der Waals surface area contributed by atoms with Gasteiger partial charge in [-0.2, -0.15) is 0 Å². The predicted molar refractivity (Wildman–Crippen MR) is 74.2 cm³/mol. The minimum Gasteiger partial charge on any atom is -1.00 e. The van der Waals surface area contributed by atoms with Crippen molar-refractivity contribution in [2.75, 3.05) is 13.3 Å². The summed E-state index contributed by atoms with van der Waals surface area (Å²) in [6.45, 7) is 2.11. The third kappa shape index (κ3) is 1.77. The molecule has 6 heteroatoms. The second-order valence-electron chi connectivity index (χ2n) is 6.32. The highest BCUT2D eigenvalue weighted by molar-refractivity contribution is 5.53. The third-order valence-corrected chi connectivity index (χ3v) is 5.27. The van der Waals surface area contributed by atoms with E-state index in [9.17, 15) is 10.2 Å². The summed E-state index contributed by atoms with van der Waals surface area (Å²) in [5, 5.41) is 20.7. The van der Waals surface area contributed by atoms with Crippen LogP contribution in [-0.2, 0) is 6.54 Å². The molecule has 0 bridgehead atoms. The molecular weight excluding hydrogens is 306 g/mol. The molecule has 4 atom stereocenters. The highest BCUT2D eigenvalue weighted by Crippen LogP contribution is 2.49. The Bertz CT molecular complexity index is 662. The normalized spacial score (nSPS) is 34.5. The summed E-state index contributed by atoms with van der Waals surface area (Å²) in [5.74, 6) is 1.45. The highest BCUT2D eigenvalue weighted by Gasteiger charge is 2.48. The first-order chi connectivity index (χ1) is 10.2. The van der Waals surface area contributed by atoms with Gasteiger partial charge in [-0.3, -0.25) is 4.90 Å². The average molecular weight is 323 g/mol. The Morgan fingerprint density at radius 1 is 1.14 bits per heavy atom. The molecule has 1 fully saturated rings. The van der Waals surface area contributed by atoms with Gasteiger partial charge in [0.2, 0.25) is 6.79 Å². The Kier molecular flexibility index (Phi) is 3.17. The van der Waals surface area contributed by atoms with E-state index in [0.717, 1.165) is 36.6 Å². The fourth-order valence-electron chi connectivity index (χ4n) is 4.35. The van der Waals surface area contributed by atoms with Crippen LogP contribution in [0.2, 0.25) is 0 Å². The van der Waals surface area contributed by atoms with Crippen molar-refractivity contribution in [1.29, 1.82) is 0 Å². The van der Waals surface area contributed by atoms with Gasteiger partial charge in [0.1, 0.15) is 0 Å². The number of nitrogens with zero attached hydrogens (tertiary/aromatic N) is 1. The maximum atomic E-state index is 10.5. The van der Waals surface area contributed by atoms with Crippen LogP contribution < -0.4 is 21.9 Å². The maximum absolute atomic E-state index is 10.5. The van der Waals surface area contributed by atoms with E-state index in [4.69, 9.17) is 9.47 Å². The second kappa shape index (κ2) is 4.86. The Hall–Kier alpha value is -1.27. The van der Waals surface area contributed by atoms with E-state index >= 15 is 0 Å². The van der Waals surface area contributed by atoms with Crippen LogP contribution in [0, 0.1) is 0 Å². The van der Waals surface area contributed by atoms with Gasteiger partial charge in [-0.25, -0.2) is 0 Å². The highest BCUT2D eigenvalue weighted by atomic mass is 35.5. The molecule has 1 aromatic carbocycles. The lowest BCUT2D eigenvalue weighted by atomic mass is 9.73. The molecule has 0 aromatic heterocycles. The van der Waals surface area contributed by atoms with Crippen LogP contribution in [0.25, 0.3) is 0 Å². The van der Waals surface area contributed by atoms with E-state index < -0.39 is 12.2 Å². The van der Waals surface area contributed by atoms with Gasteiger partial charge < -0.3 is 32.1 Å². The number of halogens is 1. The van der Waals surface area contributed by atoms with Gasteiger partial charge in [-0.1, -0.05) is 11.6 Å². The number of aliphatic hydroxyl groups excluding tert-OH is 2. The minimum absolute atomic E-state index is 0. The molecule has 4 unspecified atom stereocenters. The Balaban J connectivity index is 0.00000125. The third-order valence-electron chi connectivity index (χ3n) is 5.27. The molecule has 2 N–H and O–H groups in total. The van der Waals surface area contributed by atoms with E-state index in [-0.39, 0.29) is 31.2 Å². The van der Waals surface area contributed by atoms with Gasteiger partial charge in [0.05, 0.1) is 12.2 Å². The molecule has 5 nitrogen and oxygen atoms in total. The summed E-state index contributed by atoms with van der Waals surface area (Å²) in [6, 6.07) is 4.25. The van der Waals surface area contributed by atoms with Gasteiger partial charge in [0.25, 0.3) is 0 Å². The van der Waals surface area contributed by atoms with Crippen molar-refractivity contribution in [3.63, 3.8) is 0 Å². The molecule has 0 radical (unpaired) electrons. The molecular formula is C16H17ClNO4-. The largest absolute Gasteiger partial charge is 1.00 e. The lowest BCUT2D eigenvalue weighted by Gasteiger charge is -2.44. The van der Waals surface area contributed by atoms with E-state index in [1.54, 1.807) is 0 Å². The molecule has 22 heavy (non-hydrogen) atoms. The van der Waals surface area contributed by atoms with Crippen LogP contribution >= 0.6 is 0 Å². The summed E-state index contributed by atoms with van der Waals surface area (Å²) in [7, 11) is 0. The maximum Gasteiger partial charge on any atom is 0.231 e. The van der Waals surface area contributed by atoms with Crippen molar-refractivity contribution in [2.24, 2.45) is 0 Å². The van der Waals surface area contributed by atoms with E-state index in [2.05, 4.69) is 4.90 Å². The molecule has 0 spiro atoms. The molecule has 3 aliphatic heterocycles. The topological polar surface area (TPSA) is 62.2 Å². The van der Waals surface area contributed by atoms with Gasteiger partial charge >= 0.3 is 0 Å². The van der Waals surface area contributed by atoms with Gasteiger partial charge in [0.15, 0.2) is 11.5 Å². The number of aliphatic hydroxyl groups is 2. The summed E-state index contributed by atoms with van der Waals surface area (Å²) in [5.41, 5.74) is 3.54. The van der Waals surface area contributed by atoms with Crippen molar-refractivity contribution in [3.05, 3.63) is 34.9 Å². The van der Waals surface area contributed by atoms with E-state index in [1.807, 2.05) is 18.2 Å². The van der Waals surface area contributed by atoms with Crippen LogP contribution in [0.3, 0.4) is 0 Å². The van der Waals surface area contributed by atoms with Crippen LogP contribution in [-0.4, -0.2) is 46.7 Å². The smallest absolute Gasteiger partial charge is 0.231 e. The molecule has 1 aromatic rings. The first-order valence-electron chi connectivity index (χ1n) is 7.45. The molecule has 0 amide bonds. The predicted octanol–water partition coefficient (Wildman–Crippen LogP) is -2.25. The number of benzene rings is 1. The zero-order valence-electron chi connectivity index (χ0n) is 11.9. The SMILES string of the molecule is OC1C=C2CCN3Cc4cc5c(cc4C(C1O)C23)OCO5.[Cl-]. The van der Waals surface area contributed by atoms with Gasteiger partial charge in [-0.15, -0.1) is 0 Å². The molecule has 1 saturated heterocycles. The zero-order chi connectivity index (χ0) is 14.1. The van der Waals surface area contributed by atoms with Crippen molar-refractivity contribution in [1.82, 2.24) is 4.90 Å². The minimum atomic E-state index is -0.780. The van der Waals surface area contributed by atoms with Crippen LogP contribution in [0.5, 0.6) is 11.5 Å². The number of hydrogen-bond acceptors (Lipinski definition) is 5. The fourth-order valence-corrected chi connectivity index (χ4v) is 4.35. The number of hydrogen-bond donors (Lipinski definition) is 2. The van der Waals surface area contributed by atoms with Gasteiger partial charge in [0, 0.05) is 25.0 Å². The monoisotopic (exact) mass is 322 g/mol. The molecule has 4 aliphatic rings. The lowest BCUT2D eigenvalue weighted by molar-refractivity contribution is -0.00157. The summed E-state index contributed by atoms with van der Waals surface area (Å²) >= 11 is 0. The van der Waals surface area contributed by atoms with Crippen molar-refractivity contribution in [3.8, 4) is 11.5 Å². The molecule has 5 rings (SSSR count). The Morgan fingerprint density at radius 2 is 1.91 bits per heavy atom. The van der Waals surface area contributed by atoms with Crippen molar-refractivity contribution in [2.45, 2.75) is 37.1 Å². The Morgan fingerprint density at radius 3 is 2.73 bits per heavy atom. The number of fused-ring (bicyclic) bond motifs is 3. The first-order valence-corrected chi connectivity index (χ1v) is 7.45. The van der Waals surface area contributed by atoms with Gasteiger partial charge in [-0.05, 0) is 29.7 Å². The average Bonchev–Trinajstić information content (AvgIpc) is 3.08. The summed E-state index contributed by atoms with van der Waals surface area (Å²) in [4.78, 5) is 2.40. The second-order valence-corrected chi connectivity index (χ2v) is 6.32. The number of rotatable bonds is 0. The fraction of sp³-hybridized carbons (Fsp3) is 0.500.